The molecular weight excluding hydrogens is 431 g/mol. The molecule has 2 aliphatic rings. The molecule has 174 valence electrons. The smallest absolute Gasteiger partial charge is 0.222 e. The van der Waals surface area contributed by atoms with E-state index in [1.165, 1.54) is 6.07 Å². The summed E-state index contributed by atoms with van der Waals surface area (Å²) in [6.07, 6.45) is 6.38. The highest BCUT2D eigenvalue weighted by molar-refractivity contribution is 5.97. The number of carbonyl (C=O) groups is 1. The van der Waals surface area contributed by atoms with Crippen molar-refractivity contribution < 1.29 is 9.18 Å². The normalized spacial score (nSPS) is 15.7. The van der Waals surface area contributed by atoms with Crippen LogP contribution in [0.2, 0.25) is 0 Å². The van der Waals surface area contributed by atoms with Crippen LogP contribution in [0, 0.1) is 12.7 Å². The van der Waals surface area contributed by atoms with E-state index in [1.54, 1.807) is 16.9 Å². The topological polar surface area (TPSA) is 68.8 Å². The SMILES string of the molecule is CCC(=O)N1CCn2c(C3CC3)nc(-c3c(F)ccc4cc(-c5cn(C)nc5C)ncc34)c2C1. The van der Waals surface area contributed by atoms with Crippen LogP contribution in [-0.4, -0.2) is 41.7 Å². The quantitative estimate of drug-likeness (QED) is 0.449. The van der Waals surface area contributed by atoms with Gasteiger partial charge >= 0.3 is 0 Å². The number of benzene rings is 1. The summed E-state index contributed by atoms with van der Waals surface area (Å²) < 4.78 is 19.4. The number of amides is 1. The van der Waals surface area contributed by atoms with Crippen LogP contribution in [0.3, 0.4) is 0 Å². The van der Waals surface area contributed by atoms with E-state index in [9.17, 15) is 4.79 Å². The van der Waals surface area contributed by atoms with Crippen molar-refractivity contribution in [3.8, 4) is 22.5 Å². The minimum absolute atomic E-state index is 0.114. The predicted octanol–water partition coefficient (Wildman–Crippen LogP) is 4.58. The number of aryl methyl sites for hydroxylation is 2. The number of hydrogen-bond donors (Lipinski definition) is 0. The summed E-state index contributed by atoms with van der Waals surface area (Å²) in [6, 6.07) is 5.29. The summed E-state index contributed by atoms with van der Waals surface area (Å²) in [6.45, 7) is 5.66. The molecule has 7 nitrogen and oxygen atoms in total. The Morgan fingerprint density at radius 3 is 2.76 bits per heavy atom. The lowest BCUT2D eigenvalue weighted by molar-refractivity contribution is -0.132. The lowest BCUT2D eigenvalue weighted by Crippen LogP contribution is -2.38. The molecule has 0 unspecified atom stereocenters. The Balaban J connectivity index is 1.52. The second kappa shape index (κ2) is 7.75. The zero-order valence-corrected chi connectivity index (χ0v) is 19.7. The summed E-state index contributed by atoms with van der Waals surface area (Å²) in [5.74, 6) is 1.25. The monoisotopic (exact) mass is 458 g/mol. The number of rotatable bonds is 4. The van der Waals surface area contributed by atoms with E-state index in [2.05, 4.69) is 14.6 Å². The highest BCUT2D eigenvalue weighted by atomic mass is 19.1. The van der Waals surface area contributed by atoms with Gasteiger partial charge in [-0.1, -0.05) is 13.0 Å². The second-order valence-electron chi connectivity index (χ2n) is 9.37. The Labute approximate surface area is 197 Å². The lowest BCUT2D eigenvalue weighted by Gasteiger charge is -2.29. The van der Waals surface area contributed by atoms with Gasteiger partial charge in [-0.3, -0.25) is 14.5 Å². The van der Waals surface area contributed by atoms with Crippen molar-refractivity contribution in [2.45, 2.75) is 52.1 Å². The van der Waals surface area contributed by atoms with E-state index < -0.39 is 0 Å². The molecule has 0 atom stereocenters. The van der Waals surface area contributed by atoms with Gasteiger partial charge in [0.1, 0.15) is 11.6 Å². The Bertz CT molecular complexity index is 1450. The Morgan fingerprint density at radius 1 is 1.24 bits per heavy atom. The van der Waals surface area contributed by atoms with E-state index in [-0.39, 0.29) is 11.7 Å². The molecule has 1 aromatic carbocycles. The molecule has 1 amide bonds. The van der Waals surface area contributed by atoms with Gasteiger partial charge in [0.15, 0.2) is 0 Å². The fraction of sp³-hybridized carbons (Fsp3) is 0.385. The average Bonchev–Trinajstić information content (AvgIpc) is 3.54. The summed E-state index contributed by atoms with van der Waals surface area (Å²) >= 11 is 0. The van der Waals surface area contributed by atoms with Crippen LogP contribution in [0.4, 0.5) is 4.39 Å². The highest BCUT2D eigenvalue weighted by Gasteiger charge is 2.35. The molecule has 4 heterocycles. The molecule has 1 aliphatic carbocycles. The van der Waals surface area contributed by atoms with Crippen LogP contribution in [0.25, 0.3) is 33.3 Å². The van der Waals surface area contributed by atoms with Crippen molar-refractivity contribution in [1.29, 1.82) is 0 Å². The zero-order valence-electron chi connectivity index (χ0n) is 19.7. The van der Waals surface area contributed by atoms with Gasteiger partial charge in [0, 0.05) is 61.4 Å². The van der Waals surface area contributed by atoms with Gasteiger partial charge in [0.05, 0.1) is 29.3 Å². The van der Waals surface area contributed by atoms with Gasteiger partial charge in [-0.2, -0.15) is 5.10 Å². The summed E-state index contributed by atoms with van der Waals surface area (Å²) in [5, 5.41) is 6.05. The van der Waals surface area contributed by atoms with Gasteiger partial charge in [0.2, 0.25) is 5.91 Å². The van der Waals surface area contributed by atoms with Crippen LogP contribution >= 0.6 is 0 Å². The lowest BCUT2D eigenvalue weighted by atomic mass is 10.00. The van der Waals surface area contributed by atoms with Gasteiger partial charge in [-0.25, -0.2) is 9.37 Å². The van der Waals surface area contributed by atoms with Crippen LogP contribution < -0.4 is 0 Å². The fourth-order valence-corrected chi connectivity index (χ4v) is 5.12. The molecule has 34 heavy (non-hydrogen) atoms. The van der Waals surface area contributed by atoms with E-state index in [1.807, 2.05) is 38.1 Å². The zero-order chi connectivity index (χ0) is 23.6. The molecule has 0 saturated heterocycles. The maximum atomic E-state index is 15.4. The standard InChI is InChI=1S/C26H27FN6O/c1-4-23(34)32-9-10-33-22(14-32)25(29-26(33)16-5-6-16)24-18-12-28-21(11-17(18)7-8-20(24)27)19-13-31(3)30-15(19)2/h7-8,11-13,16H,4-6,9-10,14H2,1-3H3. The first kappa shape index (κ1) is 21.0. The van der Waals surface area contributed by atoms with Crippen LogP contribution in [0.1, 0.15) is 49.3 Å². The maximum Gasteiger partial charge on any atom is 0.222 e. The third kappa shape index (κ3) is 3.31. The molecule has 4 aromatic rings. The molecular formula is C26H27FN6O. The average molecular weight is 459 g/mol. The van der Waals surface area contributed by atoms with E-state index in [0.29, 0.717) is 43.2 Å². The number of imidazole rings is 1. The minimum Gasteiger partial charge on any atom is -0.335 e. The van der Waals surface area contributed by atoms with Gasteiger partial charge in [0.25, 0.3) is 0 Å². The molecule has 0 spiro atoms. The Morgan fingerprint density at radius 2 is 2.06 bits per heavy atom. The molecule has 3 aromatic heterocycles. The Hall–Kier alpha value is -3.55. The van der Waals surface area contributed by atoms with E-state index in [4.69, 9.17) is 4.98 Å². The Kier molecular flexibility index (Phi) is 4.79. The van der Waals surface area contributed by atoms with Crippen molar-refractivity contribution in [2.24, 2.45) is 7.05 Å². The number of halogens is 1. The molecule has 1 fully saturated rings. The van der Waals surface area contributed by atoms with Crippen LogP contribution in [-0.2, 0) is 24.9 Å². The largest absolute Gasteiger partial charge is 0.335 e. The number of pyridine rings is 1. The van der Waals surface area contributed by atoms with Gasteiger partial charge in [-0.05, 0) is 37.3 Å². The van der Waals surface area contributed by atoms with Gasteiger partial charge in [-0.15, -0.1) is 0 Å². The van der Waals surface area contributed by atoms with E-state index in [0.717, 1.165) is 52.1 Å². The number of hydrogen-bond acceptors (Lipinski definition) is 4. The van der Waals surface area contributed by atoms with Crippen molar-refractivity contribution in [3.05, 3.63) is 53.6 Å². The molecule has 0 radical (unpaired) electrons. The van der Waals surface area contributed by atoms with Crippen molar-refractivity contribution in [1.82, 2.24) is 29.2 Å². The molecule has 1 aliphatic heterocycles. The highest BCUT2D eigenvalue weighted by Crippen LogP contribution is 2.44. The van der Waals surface area contributed by atoms with Crippen LogP contribution in [0.5, 0.6) is 0 Å². The van der Waals surface area contributed by atoms with E-state index >= 15 is 4.39 Å². The third-order valence-corrected chi connectivity index (χ3v) is 7.01. The number of carbonyl (C=O) groups excluding carboxylic acids is 1. The first-order valence-corrected chi connectivity index (χ1v) is 11.9. The van der Waals surface area contributed by atoms with Crippen molar-refractivity contribution >= 4 is 16.7 Å². The summed E-state index contributed by atoms with van der Waals surface area (Å²) in [4.78, 5) is 24.0. The third-order valence-electron chi connectivity index (χ3n) is 7.01. The number of aromatic nitrogens is 5. The predicted molar refractivity (Wildman–Crippen MR) is 128 cm³/mol. The maximum absolute atomic E-state index is 15.4. The summed E-state index contributed by atoms with van der Waals surface area (Å²) in [7, 11) is 1.89. The van der Waals surface area contributed by atoms with Crippen LogP contribution in [0.15, 0.2) is 30.6 Å². The fourth-order valence-electron chi connectivity index (χ4n) is 5.12. The second-order valence-corrected chi connectivity index (χ2v) is 9.37. The first-order chi connectivity index (χ1) is 16.4. The number of nitrogens with zero attached hydrogens (tertiary/aromatic N) is 6. The van der Waals surface area contributed by atoms with Crippen molar-refractivity contribution in [3.63, 3.8) is 0 Å². The molecule has 6 rings (SSSR count). The van der Waals surface area contributed by atoms with Gasteiger partial charge < -0.3 is 9.47 Å². The molecule has 0 N–H and O–H groups in total. The first-order valence-electron chi connectivity index (χ1n) is 11.9. The number of fused-ring (bicyclic) bond motifs is 2. The molecule has 8 heteroatoms. The van der Waals surface area contributed by atoms with Crippen molar-refractivity contribution in [2.75, 3.05) is 6.54 Å². The minimum atomic E-state index is -0.318. The molecule has 1 saturated carbocycles. The molecule has 0 bridgehead atoms. The summed E-state index contributed by atoms with van der Waals surface area (Å²) in [5.41, 5.74) is 4.70.